The Morgan fingerprint density at radius 1 is 1.36 bits per heavy atom. The third-order valence-electron chi connectivity index (χ3n) is 1.90. The number of aryl methyl sites for hydroxylation is 1. The molecule has 0 aliphatic rings. The van der Waals surface area contributed by atoms with E-state index in [0.717, 1.165) is 27.6 Å². The third-order valence-corrected chi connectivity index (χ3v) is 2.75. The largest absolute Gasteiger partial charge is 0.237 e. The summed E-state index contributed by atoms with van der Waals surface area (Å²) < 4.78 is 0. The normalized spacial score (nSPS) is 11.4. The summed E-state index contributed by atoms with van der Waals surface area (Å²) in [5.41, 5.74) is 1.84. The molecule has 0 saturated carbocycles. The number of nitrogens with zero attached hydrogens (tertiary/aromatic N) is 3. The fourth-order valence-electron chi connectivity index (χ4n) is 1.37. The zero-order valence-corrected chi connectivity index (χ0v) is 9.43. The number of hydrogen-bond acceptors (Lipinski definition) is 4. The summed E-state index contributed by atoms with van der Waals surface area (Å²) in [6, 6.07) is 0. The van der Waals surface area contributed by atoms with Gasteiger partial charge >= 0.3 is 0 Å². The number of thiazole rings is 1. The van der Waals surface area contributed by atoms with Gasteiger partial charge in [0.2, 0.25) is 0 Å². The van der Waals surface area contributed by atoms with Crippen LogP contribution in [0.15, 0.2) is 6.20 Å². The first-order valence-electron chi connectivity index (χ1n) is 4.74. The lowest BCUT2D eigenvalue weighted by molar-refractivity contribution is 0.635. The first-order chi connectivity index (χ1) is 6.65. The highest BCUT2D eigenvalue weighted by Gasteiger charge is 2.05. The molecule has 0 amide bonds. The van der Waals surface area contributed by atoms with Gasteiger partial charge in [-0.1, -0.05) is 25.2 Å². The molecule has 0 aliphatic heterocycles. The number of rotatable bonds is 2. The van der Waals surface area contributed by atoms with Crippen LogP contribution in [0.5, 0.6) is 0 Å². The van der Waals surface area contributed by atoms with Gasteiger partial charge in [0.1, 0.15) is 0 Å². The highest BCUT2D eigenvalue weighted by molar-refractivity contribution is 7.18. The van der Waals surface area contributed by atoms with Crippen LogP contribution in [0.3, 0.4) is 0 Å². The van der Waals surface area contributed by atoms with E-state index in [-0.39, 0.29) is 0 Å². The molecule has 0 N–H and O–H groups in total. The van der Waals surface area contributed by atoms with Crippen molar-refractivity contribution in [3.05, 3.63) is 16.9 Å². The second kappa shape index (κ2) is 3.61. The van der Waals surface area contributed by atoms with Crippen LogP contribution in [0.4, 0.5) is 0 Å². The van der Waals surface area contributed by atoms with Gasteiger partial charge in [-0.25, -0.2) is 15.0 Å². The van der Waals surface area contributed by atoms with Gasteiger partial charge in [0, 0.05) is 0 Å². The van der Waals surface area contributed by atoms with E-state index in [9.17, 15) is 0 Å². The molecule has 0 unspecified atom stereocenters. The van der Waals surface area contributed by atoms with Crippen LogP contribution in [0.1, 0.15) is 24.5 Å². The lowest BCUT2D eigenvalue weighted by Crippen LogP contribution is -1.97. The summed E-state index contributed by atoms with van der Waals surface area (Å²) in [6.45, 7) is 6.35. The smallest absolute Gasteiger partial charge is 0.189 e. The van der Waals surface area contributed by atoms with Gasteiger partial charge in [-0.3, -0.25) is 0 Å². The Balaban J connectivity index is 2.40. The second-order valence-electron chi connectivity index (χ2n) is 3.82. The summed E-state index contributed by atoms with van der Waals surface area (Å²) in [5, 5.41) is 1.03. The molecule has 3 nitrogen and oxygen atoms in total. The van der Waals surface area contributed by atoms with Crippen molar-refractivity contribution in [3.8, 4) is 0 Å². The topological polar surface area (TPSA) is 38.7 Å². The molecule has 4 heteroatoms. The standard InChI is InChI=1S/C10H13N3S/c1-6(2)4-8-5-11-9-10(13-8)14-7(3)12-9/h5-6H,4H2,1-3H3. The van der Waals surface area contributed by atoms with Crippen molar-refractivity contribution in [1.29, 1.82) is 0 Å². The minimum Gasteiger partial charge on any atom is -0.237 e. The van der Waals surface area contributed by atoms with Crippen molar-refractivity contribution >= 4 is 21.8 Å². The van der Waals surface area contributed by atoms with E-state index in [1.807, 2.05) is 13.1 Å². The number of aromatic nitrogens is 3. The molecule has 0 aromatic carbocycles. The van der Waals surface area contributed by atoms with Gasteiger partial charge in [0.05, 0.1) is 16.9 Å². The Hall–Kier alpha value is -1.03. The SMILES string of the molecule is Cc1nc2ncc(CC(C)C)nc2s1. The molecule has 0 fully saturated rings. The maximum absolute atomic E-state index is 4.53. The fourth-order valence-corrected chi connectivity index (χ4v) is 2.14. The van der Waals surface area contributed by atoms with E-state index in [1.54, 1.807) is 11.3 Å². The summed E-state index contributed by atoms with van der Waals surface area (Å²) in [5.74, 6) is 0.621. The van der Waals surface area contributed by atoms with Crippen molar-refractivity contribution in [3.63, 3.8) is 0 Å². The van der Waals surface area contributed by atoms with E-state index in [0.29, 0.717) is 5.92 Å². The molecule has 74 valence electrons. The molecule has 0 radical (unpaired) electrons. The molecule has 14 heavy (non-hydrogen) atoms. The molecule has 2 aromatic heterocycles. The third kappa shape index (κ3) is 1.90. The van der Waals surface area contributed by atoms with Crippen molar-refractivity contribution in [1.82, 2.24) is 15.0 Å². The monoisotopic (exact) mass is 207 g/mol. The van der Waals surface area contributed by atoms with Crippen molar-refractivity contribution in [2.45, 2.75) is 27.2 Å². The molecule has 0 spiro atoms. The number of fused-ring (bicyclic) bond motifs is 1. The Kier molecular flexibility index (Phi) is 2.46. The van der Waals surface area contributed by atoms with Crippen LogP contribution in [-0.4, -0.2) is 15.0 Å². The van der Waals surface area contributed by atoms with Gasteiger partial charge in [0.25, 0.3) is 0 Å². The predicted octanol–water partition coefficient (Wildman–Crippen LogP) is 2.59. The number of hydrogen-bond donors (Lipinski definition) is 0. The molecule has 0 saturated heterocycles. The highest BCUT2D eigenvalue weighted by atomic mass is 32.1. The molecule has 2 heterocycles. The summed E-state index contributed by atoms with van der Waals surface area (Å²) in [7, 11) is 0. The fraction of sp³-hybridized carbons (Fsp3) is 0.500. The first kappa shape index (κ1) is 9.52. The van der Waals surface area contributed by atoms with Gasteiger partial charge < -0.3 is 0 Å². The summed E-state index contributed by atoms with van der Waals surface area (Å²) in [4.78, 5) is 14.1. The lowest BCUT2D eigenvalue weighted by Gasteiger charge is -2.01. The highest BCUT2D eigenvalue weighted by Crippen LogP contribution is 2.18. The molecule has 2 rings (SSSR count). The van der Waals surface area contributed by atoms with Gasteiger partial charge in [0.15, 0.2) is 10.5 Å². The average Bonchev–Trinajstić information content (AvgIpc) is 2.42. The van der Waals surface area contributed by atoms with Crippen LogP contribution in [0, 0.1) is 12.8 Å². The quantitative estimate of drug-likeness (QED) is 0.759. The molecule has 0 bridgehead atoms. The van der Waals surface area contributed by atoms with E-state index in [2.05, 4.69) is 28.8 Å². The molecule has 2 aromatic rings. The van der Waals surface area contributed by atoms with Crippen molar-refractivity contribution < 1.29 is 0 Å². The Bertz CT molecular complexity index is 448. The van der Waals surface area contributed by atoms with Gasteiger partial charge in [-0.2, -0.15) is 0 Å². The Morgan fingerprint density at radius 2 is 2.14 bits per heavy atom. The van der Waals surface area contributed by atoms with Crippen LogP contribution < -0.4 is 0 Å². The van der Waals surface area contributed by atoms with Crippen LogP contribution >= 0.6 is 11.3 Å². The lowest BCUT2D eigenvalue weighted by atomic mass is 10.1. The van der Waals surface area contributed by atoms with Crippen LogP contribution in [-0.2, 0) is 6.42 Å². The van der Waals surface area contributed by atoms with Crippen LogP contribution in [0.25, 0.3) is 10.5 Å². The van der Waals surface area contributed by atoms with Gasteiger partial charge in [-0.15, -0.1) is 0 Å². The van der Waals surface area contributed by atoms with Crippen molar-refractivity contribution in [2.75, 3.05) is 0 Å². The zero-order valence-electron chi connectivity index (χ0n) is 8.61. The van der Waals surface area contributed by atoms with E-state index < -0.39 is 0 Å². The Labute approximate surface area is 87.2 Å². The van der Waals surface area contributed by atoms with Gasteiger partial charge in [-0.05, 0) is 19.3 Å². The predicted molar refractivity (Wildman–Crippen MR) is 58.5 cm³/mol. The summed E-state index contributed by atoms with van der Waals surface area (Å²) >= 11 is 1.61. The second-order valence-corrected chi connectivity index (χ2v) is 5.00. The molecule has 0 atom stereocenters. The maximum Gasteiger partial charge on any atom is 0.189 e. The molecular formula is C10H13N3S. The molecule has 0 aliphatic carbocycles. The minimum atomic E-state index is 0.621. The maximum atomic E-state index is 4.53. The van der Waals surface area contributed by atoms with Crippen LogP contribution in [0.2, 0.25) is 0 Å². The van der Waals surface area contributed by atoms with E-state index in [4.69, 9.17) is 0 Å². The zero-order chi connectivity index (χ0) is 10.1. The summed E-state index contributed by atoms with van der Waals surface area (Å²) in [6.07, 6.45) is 2.82. The molecular weight excluding hydrogens is 194 g/mol. The van der Waals surface area contributed by atoms with Crippen molar-refractivity contribution in [2.24, 2.45) is 5.92 Å². The Morgan fingerprint density at radius 3 is 2.86 bits per heavy atom. The average molecular weight is 207 g/mol. The minimum absolute atomic E-state index is 0.621. The first-order valence-corrected chi connectivity index (χ1v) is 5.56. The van der Waals surface area contributed by atoms with E-state index >= 15 is 0 Å². The van der Waals surface area contributed by atoms with E-state index in [1.165, 1.54) is 0 Å².